The Balaban J connectivity index is 2.30. The van der Waals surface area contributed by atoms with Crippen LogP contribution in [0.4, 0.5) is 0 Å². The third-order valence-corrected chi connectivity index (χ3v) is 3.91. The summed E-state index contributed by atoms with van der Waals surface area (Å²) in [5.74, 6) is 1.84. The molecule has 0 heterocycles. The van der Waals surface area contributed by atoms with Crippen LogP contribution < -0.4 is 5.32 Å². The molecule has 1 aliphatic rings. The van der Waals surface area contributed by atoms with Crippen LogP contribution in [0.1, 0.15) is 33.1 Å². The fraction of sp³-hybridized carbons (Fsp3) is 1.00. The Kier molecular flexibility index (Phi) is 4.90. The summed E-state index contributed by atoms with van der Waals surface area (Å²) >= 11 is 0. The maximum Gasteiger partial charge on any atom is 0.0107 e. The summed E-state index contributed by atoms with van der Waals surface area (Å²) in [6, 6.07) is 0.828. The molecular weight excluding hydrogens is 172 g/mol. The second kappa shape index (κ2) is 5.72. The molecule has 0 aromatic carbocycles. The van der Waals surface area contributed by atoms with Crippen molar-refractivity contribution in [1.82, 2.24) is 10.2 Å². The lowest BCUT2D eigenvalue weighted by molar-refractivity contribution is 0.133. The Hall–Kier alpha value is -0.0800. The quantitative estimate of drug-likeness (QED) is 0.743. The average Bonchev–Trinajstić information content (AvgIpc) is 2.18. The molecule has 3 unspecified atom stereocenters. The molecule has 84 valence electrons. The third kappa shape index (κ3) is 3.25. The molecule has 0 aromatic rings. The van der Waals surface area contributed by atoms with Gasteiger partial charge in [-0.25, -0.2) is 0 Å². The Morgan fingerprint density at radius 2 is 1.93 bits per heavy atom. The van der Waals surface area contributed by atoms with Gasteiger partial charge in [0, 0.05) is 19.1 Å². The lowest BCUT2D eigenvalue weighted by Crippen LogP contribution is -2.40. The Morgan fingerprint density at radius 3 is 2.50 bits per heavy atom. The molecule has 0 saturated heterocycles. The van der Waals surface area contributed by atoms with E-state index in [0.717, 1.165) is 24.4 Å². The Bertz CT molecular complexity index is 158. The molecule has 2 nitrogen and oxygen atoms in total. The van der Waals surface area contributed by atoms with Crippen molar-refractivity contribution in [2.45, 2.75) is 39.2 Å². The summed E-state index contributed by atoms with van der Waals surface area (Å²) in [5, 5.41) is 3.22. The van der Waals surface area contributed by atoms with E-state index >= 15 is 0 Å². The van der Waals surface area contributed by atoms with E-state index in [1.807, 2.05) is 7.05 Å². The highest BCUT2D eigenvalue weighted by atomic mass is 15.1. The highest BCUT2D eigenvalue weighted by Crippen LogP contribution is 2.31. The number of likely N-dealkylation sites (N-methyl/N-ethyl adjacent to an activating group) is 2. The van der Waals surface area contributed by atoms with E-state index in [0.29, 0.717) is 0 Å². The molecule has 1 N–H and O–H groups in total. The molecule has 1 fully saturated rings. The van der Waals surface area contributed by atoms with Crippen molar-refractivity contribution < 1.29 is 0 Å². The lowest BCUT2D eigenvalue weighted by atomic mass is 9.78. The maximum absolute atomic E-state index is 3.22. The topological polar surface area (TPSA) is 15.3 Å². The largest absolute Gasteiger partial charge is 0.318 e. The van der Waals surface area contributed by atoms with Gasteiger partial charge in [0.05, 0.1) is 0 Å². The molecule has 3 atom stereocenters. The number of hydrogen-bond donors (Lipinski definition) is 1. The van der Waals surface area contributed by atoms with Crippen LogP contribution in [0.25, 0.3) is 0 Å². The van der Waals surface area contributed by atoms with Crippen LogP contribution in [0.5, 0.6) is 0 Å². The van der Waals surface area contributed by atoms with Gasteiger partial charge in [-0.15, -0.1) is 0 Å². The Labute approximate surface area is 89.1 Å². The van der Waals surface area contributed by atoms with E-state index < -0.39 is 0 Å². The van der Waals surface area contributed by atoms with E-state index in [9.17, 15) is 0 Å². The van der Waals surface area contributed by atoms with Crippen LogP contribution in [0, 0.1) is 11.8 Å². The molecule has 14 heavy (non-hydrogen) atoms. The fourth-order valence-electron chi connectivity index (χ4n) is 2.39. The van der Waals surface area contributed by atoms with E-state index in [4.69, 9.17) is 0 Å². The zero-order valence-corrected chi connectivity index (χ0v) is 10.2. The molecule has 0 spiro atoms. The first-order chi connectivity index (χ1) is 6.65. The summed E-state index contributed by atoms with van der Waals surface area (Å²) in [7, 11) is 4.30. The second-order valence-electron chi connectivity index (χ2n) is 5.01. The molecule has 0 aromatic heterocycles. The van der Waals surface area contributed by atoms with Crippen molar-refractivity contribution in [2.75, 3.05) is 27.2 Å². The van der Waals surface area contributed by atoms with Gasteiger partial charge >= 0.3 is 0 Å². The summed E-state index contributed by atoms with van der Waals surface area (Å²) in [6.45, 7) is 7.09. The molecule has 1 rings (SSSR count). The monoisotopic (exact) mass is 198 g/mol. The van der Waals surface area contributed by atoms with Gasteiger partial charge in [0.2, 0.25) is 0 Å². The highest BCUT2D eigenvalue weighted by Gasteiger charge is 2.26. The van der Waals surface area contributed by atoms with Gasteiger partial charge in [-0.05, 0) is 45.2 Å². The van der Waals surface area contributed by atoms with Gasteiger partial charge in [-0.1, -0.05) is 13.8 Å². The molecule has 1 aliphatic carbocycles. The fourth-order valence-corrected chi connectivity index (χ4v) is 2.39. The van der Waals surface area contributed by atoms with Crippen molar-refractivity contribution >= 4 is 0 Å². The third-order valence-electron chi connectivity index (χ3n) is 3.91. The van der Waals surface area contributed by atoms with Crippen LogP contribution in [-0.4, -0.2) is 38.1 Å². The normalized spacial score (nSPS) is 33.6. The molecule has 2 heteroatoms. The first-order valence-electron chi connectivity index (χ1n) is 6.00. The summed E-state index contributed by atoms with van der Waals surface area (Å²) < 4.78 is 0. The van der Waals surface area contributed by atoms with Crippen molar-refractivity contribution in [2.24, 2.45) is 11.8 Å². The molecule has 0 radical (unpaired) electrons. The van der Waals surface area contributed by atoms with Gasteiger partial charge in [-0.3, -0.25) is 0 Å². The van der Waals surface area contributed by atoms with E-state index in [1.165, 1.54) is 25.8 Å². The van der Waals surface area contributed by atoms with Crippen LogP contribution in [0.15, 0.2) is 0 Å². The predicted octanol–water partition coefficient (Wildman–Crippen LogP) is 1.96. The SMILES string of the molecule is CNCCN(C)C1CCC(C)C(C)C1. The van der Waals surface area contributed by atoms with Gasteiger partial charge in [0.15, 0.2) is 0 Å². The van der Waals surface area contributed by atoms with Crippen LogP contribution in [0.2, 0.25) is 0 Å². The van der Waals surface area contributed by atoms with Gasteiger partial charge in [-0.2, -0.15) is 0 Å². The molecular formula is C12H26N2. The van der Waals surface area contributed by atoms with Crippen molar-refractivity contribution in [1.29, 1.82) is 0 Å². The zero-order chi connectivity index (χ0) is 10.6. The summed E-state index contributed by atoms with van der Waals surface area (Å²) in [6.07, 6.45) is 4.20. The summed E-state index contributed by atoms with van der Waals surface area (Å²) in [5.41, 5.74) is 0. The molecule has 0 aliphatic heterocycles. The minimum atomic E-state index is 0.828. The predicted molar refractivity (Wildman–Crippen MR) is 62.5 cm³/mol. The minimum absolute atomic E-state index is 0.828. The van der Waals surface area contributed by atoms with Crippen LogP contribution >= 0.6 is 0 Å². The first-order valence-corrected chi connectivity index (χ1v) is 6.00. The van der Waals surface area contributed by atoms with Gasteiger partial charge in [0.25, 0.3) is 0 Å². The van der Waals surface area contributed by atoms with E-state index in [2.05, 4.69) is 31.1 Å². The Morgan fingerprint density at radius 1 is 1.21 bits per heavy atom. The second-order valence-corrected chi connectivity index (χ2v) is 5.01. The minimum Gasteiger partial charge on any atom is -0.318 e. The van der Waals surface area contributed by atoms with Crippen LogP contribution in [0.3, 0.4) is 0 Å². The number of nitrogens with one attached hydrogen (secondary N) is 1. The smallest absolute Gasteiger partial charge is 0.0107 e. The van der Waals surface area contributed by atoms with Crippen LogP contribution in [-0.2, 0) is 0 Å². The maximum atomic E-state index is 3.22. The highest BCUT2D eigenvalue weighted by molar-refractivity contribution is 4.80. The van der Waals surface area contributed by atoms with Gasteiger partial charge in [0.1, 0.15) is 0 Å². The van der Waals surface area contributed by atoms with E-state index in [-0.39, 0.29) is 0 Å². The first kappa shape index (κ1) is 12.0. The van der Waals surface area contributed by atoms with Crippen molar-refractivity contribution in [3.05, 3.63) is 0 Å². The standard InChI is InChI=1S/C12H26N2/c1-10-5-6-12(9-11(10)2)14(4)8-7-13-3/h10-13H,5-9H2,1-4H3. The lowest BCUT2D eigenvalue weighted by Gasteiger charge is -2.37. The molecule has 0 bridgehead atoms. The number of rotatable bonds is 4. The number of nitrogens with zero attached hydrogens (tertiary/aromatic N) is 1. The molecule has 0 amide bonds. The summed E-state index contributed by atoms with van der Waals surface area (Å²) in [4.78, 5) is 2.53. The van der Waals surface area contributed by atoms with Gasteiger partial charge < -0.3 is 10.2 Å². The van der Waals surface area contributed by atoms with E-state index in [1.54, 1.807) is 0 Å². The number of hydrogen-bond acceptors (Lipinski definition) is 2. The van der Waals surface area contributed by atoms with Crippen molar-refractivity contribution in [3.63, 3.8) is 0 Å². The molecule has 1 saturated carbocycles. The zero-order valence-electron chi connectivity index (χ0n) is 10.2. The van der Waals surface area contributed by atoms with Crippen molar-refractivity contribution in [3.8, 4) is 0 Å². The average molecular weight is 198 g/mol.